The fourth-order valence-corrected chi connectivity index (χ4v) is 9.21. The van der Waals surface area contributed by atoms with E-state index in [9.17, 15) is 0 Å². The number of rotatable bonds is 7. The molecule has 0 saturated heterocycles. The summed E-state index contributed by atoms with van der Waals surface area (Å²) in [7, 11) is 0. The molecular weight excluding hydrogens is 751 g/mol. The number of fused-ring (bicyclic) bond motifs is 6. The molecule has 0 unspecified atom stereocenters. The number of hydrogen-bond acceptors (Lipinski definition) is 8. The molecule has 0 aliphatic rings. The molecule has 0 atom stereocenters. The van der Waals surface area contributed by atoms with Crippen LogP contribution >= 0.6 is 11.3 Å². The predicted molar refractivity (Wildman–Crippen MR) is 233 cm³/mol. The summed E-state index contributed by atoms with van der Waals surface area (Å²) in [6.07, 6.45) is 3.30. The quantitative estimate of drug-likeness (QED) is 0.159. The molecular formula is C48H29N9OS. The summed E-state index contributed by atoms with van der Waals surface area (Å²) in [4.78, 5) is 0. The molecule has 10 nitrogen and oxygen atoms in total. The largest absolute Gasteiger partial charge is 0.411 e. The van der Waals surface area contributed by atoms with Crippen LogP contribution in [0.15, 0.2) is 181 Å². The van der Waals surface area contributed by atoms with Gasteiger partial charge in [-0.1, -0.05) is 91.0 Å². The second-order valence-corrected chi connectivity index (χ2v) is 15.4. The Labute approximate surface area is 339 Å². The van der Waals surface area contributed by atoms with Gasteiger partial charge < -0.3 is 8.98 Å². The van der Waals surface area contributed by atoms with Crippen LogP contribution in [0.2, 0.25) is 0 Å². The van der Waals surface area contributed by atoms with Crippen LogP contribution in [0.5, 0.6) is 0 Å². The summed E-state index contributed by atoms with van der Waals surface area (Å²) in [5.74, 6) is 1.24. The zero-order chi connectivity index (χ0) is 38.9. The first-order valence-electron chi connectivity index (χ1n) is 19.1. The van der Waals surface area contributed by atoms with Gasteiger partial charge in [0.05, 0.1) is 11.0 Å². The van der Waals surface area contributed by atoms with Crippen LogP contribution < -0.4 is 0 Å². The highest BCUT2D eigenvalue weighted by Crippen LogP contribution is 2.38. The molecule has 59 heavy (non-hydrogen) atoms. The van der Waals surface area contributed by atoms with E-state index in [4.69, 9.17) is 4.42 Å². The Morgan fingerprint density at radius 2 is 0.932 bits per heavy atom. The number of aromatic nitrogens is 9. The Hall–Kier alpha value is -8.02. The molecule has 5 aromatic heterocycles. The average molecular weight is 780 g/mol. The van der Waals surface area contributed by atoms with Gasteiger partial charge >= 0.3 is 0 Å². The highest BCUT2D eigenvalue weighted by atomic mass is 32.1. The van der Waals surface area contributed by atoms with E-state index in [0.717, 1.165) is 44.8 Å². The van der Waals surface area contributed by atoms with Crippen LogP contribution in [0, 0.1) is 0 Å². The molecule has 12 aromatic rings. The van der Waals surface area contributed by atoms with Crippen LogP contribution in [0.25, 0.3) is 105 Å². The summed E-state index contributed by atoms with van der Waals surface area (Å²) in [6, 6.07) is 57.4. The molecule has 0 bridgehead atoms. The number of thiophene rings is 1. The SMILES string of the molecule is c1ccc(-n2c3ccccc3c3cc(-c4cccc(-n5cnnc5-c5nnc(-c6nncn6-c6cccc(-c7ccc8sc9ccccc9c8c7)c6)o5)c4)ccc32)cc1. The van der Waals surface area contributed by atoms with Crippen LogP contribution in [-0.2, 0) is 0 Å². The van der Waals surface area contributed by atoms with E-state index in [1.54, 1.807) is 12.7 Å². The second-order valence-electron chi connectivity index (χ2n) is 14.3. The number of hydrogen-bond donors (Lipinski definition) is 0. The van der Waals surface area contributed by atoms with Gasteiger partial charge in [0.15, 0.2) is 0 Å². The van der Waals surface area contributed by atoms with E-state index >= 15 is 0 Å². The Bertz CT molecular complexity index is 3540. The third-order valence-corrected chi connectivity index (χ3v) is 12.0. The van der Waals surface area contributed by atoms with E-state index in [2.05, 4.69) is 169 Å². The smallest absolute Gasteiger partial charge is 0.286 e. The van der Waals surface area contributed by atoms with Crippen molar-refractivity contribution < 1.29 is 4.42 Å². The van der Waals surface area contributed by atoms with E-state index in [-0.39, 0.29) is 11.8 Å². The van der Waals surface area contributed by atoms with Crippen molar-refractivity contribution in [1.29, 1.82) is 0 Å². The number of nitrogens with zero attached hydrogens (tertiary/aromatic N) is 9. The Kier molecular flexibility index (Phi) is 7.47. The molecule has 0 radical (unpaired) electrons. The van der Waals surface area contributed by atoms with Crippen molar-refractivity contribution in [3.05, 3.63) is 176 Å². The molecule has 0 N–H and O–H groups in total. The number of para-hydroxylation sites is 2. The van der Waals surface area contributed by atoms with Crippen molar-refractivity contribution in [1.82, 2.24) is 44.3 Å². The van der Waals surface area contributed by atoms with Crippen LogP contribution in [0.3, 0.4) is 0 Å². The van der Waals surface area contributed by atoms with Gasteiger partial charge in [0.25, 0.3) is 11.8 Å². The normalized spacial score (nSPS) is 11.7. The lowest BCUT2D eigenvalue weighted by Crippen LogP contribution is -1.97. The van der Waals surface area contributed by atoms with Gasteiger partial charge in [0.1, 0.15) is 12.7 Å². The van der Waals surface area contributed by atoms with Gasteiger partial charge in [-0.3, -0.25) is 9.13 Å². The van der Waals surface area contributed by atoms with Gasteiger partial charge in [0.2, 0.25) is 11.6 Å². The lowest BCUT2D eigenvalue weighted by Gasteiger charge is -2.09. The Morgan fingerprint density at radius 3 is 1.64 bits per heavy atom. The zero-order valence-electron chi connectivity index (χ0n) is 31.1. The van der Waals surface area contributed by atoms with E-state index in [1.165, 1.54) is 36.5 Å². The van der Waals surface area contributed by atoms with Gasteiger partial charge in [0, 0.05) is 48.0 Å². The molecule has 0 spiro atoms. The lowest BCUT2D eigenvalue weighted by molar-refractivity contribution is 0.570. The van der Waals surface area contributed by atoms with Crippen molar-refractivity contribution in [3.8, 4) is 62.7 Å². The first-order valence-corrected chi connectivity index (χ1v) is 19.9. The summed E-state index contributed by atoms with van der Waals surface area (Å²) in [5, 5.41) is 30.9. The van der Waals surface area contributed by atoms with Crippen molar-refractivity contribution in [2.75, 3.05) is 0 Å². The summed E-state index contributed by atoms with van der Waals surface area (Å²) < 4.78 is 14.8. The molecule has 11 heteroatoms. The van der Waals surface area contributed by atoms with Crippen molar-refractivity contribution in [2.24, 2.45) is 0 Å². The van der Waals surface area contributed by atoms with E-state index in [1.807, 2.05) is 50.8 Å². The molecule has 5 heterocycles. The maximum Gasteiger partial charge on any atom is 0.286 e. The molecule has 278 valence electrons. The van der Waals surface area contributed by atoms with Crippen molar-refractivity contribution >= 4 is 53.3 Å². The minimum absolute atomic E-state index is 0.206. The summed E-state index contributed by atoms with van der Waals surface area (Å²) in [6.45, 7) is 0. The van der Waals surface area contributed by atoms with E-state index < -0.39 is 0 Å². The second kappa shape index (κ2) is 13.3. The summed E-state index contributed by atoms with van der Waals surface area (Å²) in [5.41, 5.74) is 9.49. The van der Waals surface area contributed by atoms with Gasteiger partial charge in [-0.2, -0.15) is 0 Å². The number of benzene rings is 7. The topological polar surface area (TPSA) is 105 Å². The van der Waals surface area contributed by atoms with Crippen molar-refractivity contribution in [3.63, 3.8) is 0 Å². The summed E-state index contributed by atoms with van der Waals surface area (Å²) >= 11 is 1.81. The standard InChI is InChI=1S/C48H29N9OS/c1-2-12-34(13-3-1)57-41-18-6-4-16-37(41)39-26-32(20-22-42(39)57)30-10-8-14-35(24-30)55-28-49-51-45(55)47-53-54-48(58-47)46-52-50-29-56(46)36-15-9-11-31(25-36)33-21-23-44-40(27-33)38-17-5-7-19-43(38)59-44/h1-29H. The highest BCUT2D eigenvalue weighted by Gasteiger charge is 2.22. The zero-order valence-corrected chi connectivity index (χ0v) is 31.9. The van der Waals surface area contributed by atoms with Crippen LogP contribution in [-0.4, -0.2) is 44.3 Å². The molecule has 0 aliphatic heterocycles. The Balaban J connectivity index is 0.862. The van der Waals surface area contributed by atoms with Crippen molar-refractivity contribution in [2.45, 2.75) is 0 Å². The maximum atomic E-state index is 6.26. The van der Waals surface area contributed by atoms with Crippen LogP contribution in [0.1, 0.15) is 0 Å². The van der Waals surface area contributed by atoms with Crippen LogP contribution in [0.4, 0.5) is 0 Å². The first kappa shape index (κ1) is 33.2. The van der Waals surface area contributed by atoms with E-state index in [0.29, 0.717) is 11.6 Å². The monoisotopic (exact) mass is 779 g/mol. The Morgan fingerprint density at radius 1 is 0.390 bits per heavy atom. The first-order chi connectivity index (χ1) is 29.2. The molecule has 0 fully saturated rings. The lowest BCUT2D eigenvalue weighted by atomic mass is 10.0. The minimum atomic E-state index is 0.206. The minimum Gasteiger partial charge on any atom is -0.411 e. The highest BCUT2D eigenvalue weighted by molar-refractivity contribution is 7.25. The average Bonchev–Trinajstić information content (AvgIpc) is 4.15. The third-order valence-electron chi connectivity index (χ3n) is 10.9. The predicted octanol–water partition coefficient (Wildman–Crippen LogP) is 11.4. The molecule has 0 saturated carbocycles. The van der Waals surface area contributed by atoms with Gasteiger partial charge in [-0.15, -0.1) is 41.9 Å². The molecule has 0 aliphatic carbocycles. The van der Waals surface area contributed by atoms with Gasteiger partial charge in [-0.25, -0.2) is 0 Å². The molecule has 7 aromatic carbocycles. The molecule has 12 rings (SSSR count). The van der Waals surface area contributed by atoms with Gasteiger partial charge in [-0.05, 0) is 95.1 Å². The fraction of sp³-hybridized carbons (Fsp3) is 0. The fourth-order valence-electron chi connectivity index (χ4n) is 8.13. The third kappa shape index (κ3) is 5.47. The maximum absolute atomic E-state index is 6.26. The molecule has 0 amide bonds.